The van der Waals surface area contributed by atoms with Crippen LogP contribution in [0, 0.1) is 0 Å². The largest absolute Gasteiger partial charge is 0.496 e. The number of unbranched alkanes of at least 4 members (excludes halogenated alkanes) is 2. The minimum atomic E-state index is 0.521. The van der Waals surface area contributed by atoms with Crippen molar-refractivity contribution in [2.45, 2.75) is 38.6 Å². The average molecular weight is 284 g/mol. The first-order valence-corrected chi connectivity index (χ1v) is 7.60. The van der Waals surface area contributed by atoms with E-state index in [1.165, 1.54) is 18.4 Å². The van der Waals surface area contributed by atoms with Gasteiger partial charge in [0.05, 0.1) is 7.11 Å². The maximum absolute atomic E-state index is 5.69. The third kappa shape index (κ3) is 5.84. The maximum atomic E-state index is 5.69. The summed E-state index contributed by atoms with van der Waals surface area (Å²) in [5.41, 5.74) is 1.28. The molecule has 0 spiro atoms. The Morgan fingerprint density at radius 2 is 1.95 bits per heavy atom. The van der Waals surface area contributed by atoms with Gasteiger partial charge in [0.1, 0.15) is 5.75 Å². The van der Waals surface area contributed by atoms with Gasteiger partial charge in [-0.3, -0.25) is 0 Å². The molecule has 19 heavy (non-hydrogen) atoms. The fourth-order valence-corrected chi connectivity index (χ4v) is 2.39. The van der Waals surface area contributed by atoms with E-state index in [-0.39, 0.29) is 0 Å². The lowest BCUT2D eigenvalue weighted by Crippen LogP contribution is -2.31. The number of methoxy groups -OCH3 is 1. The van der Waals surface area contributed by atoms with E-state index in [2.05, 4.69) is 31.0 Å². The molecule has 1 aromatic carbocycles. The van der Waals surface area contributed by atoms with E-state index in [1.807, 2.05) is 12.1 Å². The third-order valence-corrected chi connectivity index (χ3v) is 3.87. The second kappa shape index (κ2) is 9.22. The molecule has 0 saturated heterocycles. The minimum absolute atomic E-state index is 0.521. The van der Waals surface area contributed by atoms with Crippen LogP contribution in [0.2, 0.25) is 0 Å². The summed E-state index contributed by atoms with van der Waals surface area (Å²) in [5, 5.41) is 0. The fourth-order valence-electron chi connectivity index (χ4n) is 2.20. The Morgan fingerprint density at radius 3 is 2.63 bits per heavy atom. The first-order chi connectivity index (χ1) is 9.19. The van der Waals surface area contributed by atoms with Crippen molar-refractivity contribution in [3.63, 3.8) is 0 Å². The Hall–Kier alpha value is -0.730. The fraction of sp³-hybridized carbons (Fsp3) is 0.625. The summed E-state index contributed by atoms with van der Waals surface area (Å²) in [6.45, 7) is 3.40. The van der Waals surface area contributed by atoms with Crippen LogP contribution in [0.15, 0.2) is 24.3 Å². The van der Waals surface area contributed by atoms with Crippen LogP contribution in [-0.2, 0) is 6.42 Å². The first-order valence-electron chi connectivity index (χ1n) is 7.07. The van der Waals surface area contributed by atoms with Crippen molar-refractivity contribution >= 4 is 11.6 Å². The van der Waals surface area contributed by atoms with E-state index in [1.54, 1.807) is 7.11 Å². The van der Waals surface area contributed by atoms with Crippen LogP contribution in [0.3, 0.4) is 0 Å². The molecular formula is C16H26ClNO. The summed E-state index contributed by atoms with van der Waals surface area (Å²) in [5.74, 6) is 1.77. The zero-order valence-electron chi connectivity index (χ0n) is 12.4. The van der Waals surface area contributed by atoms with E-state index in [4.69, 9.17) is 16.3 Å². The van der Waals surface area contributed by atoms with Crippen molar-refractivity contribution in [3.05, 3.63) is 29.8 Å². The molecule has 1 atom stereocenters. The lowest BCUT2D eigenvalue weighted by atomic mass is 10.0. The van der Waals surface area contributed by atoms with Gasteiger partial charge in [-0.15, -0.1) is 11.6 Å². The molecule has 1 rings (SSSR count). The standard InChI is InChI=1S/C16H26ClNO/c1-14(18(2)12-8-4-7-11-17)13-15-9-5-6-10-16(15)19-3/h5-6,9-10,14H,4,7-8,11-13H2,1-3H3. The Morgan fingerprint density at radius 1 is 1.21 bits per heavy atom. The van der Waals surface area contributed by atoms with Crippen LogP contribution in [0.1, 0.15) is 31.7 Å². The van der Waals surface area contributed by atoms with Gasteiger partial charge in [0, 0.05) is 11.9 Å². The lowest BCUT2D eigenvalue weighted by molar-refractivity contribution is 0.249. The predicted octanol–water partition coefficient (Wildman–Crippen LogP) is 3.97. The Kier molecular flexibility index (Phi) is 7.92. The van der Waals surface area contributed by atoms with E-state index in [9.17, 15) is 0 Å². The number of hydrogen-bond donors (Lipinski definition) is 0. The van der Waals surface area contributed by atoms with Gasteiger partial charge in [-0.25, -0.2) is 0 Å². The Bertz CT molecular complexity index is 356. The average Bonchev–Trinajstić information content (AvgIpc) is 2.44. The van der Waals surface area contributed by atoms with Gasteiger partial charge in [0.15, 0.2) is 0 Å². The van der Waals surface area contributed by atoms with E-state index >= 15 is 0 Å². The first kappa shape index (κ1) is 16.3. The molecule has 0 saturated carbocycles. The summed E-state index contributed by atoms with van der Waals surface area (Å²) in [7, 11) is 3.93. The molecule has 0 heterocycles. The lowest BCUT2D eigenvalue weighted by Gasteiger charge is -2.25. The highest BCUT2D eigenvalue weighted by Crippen LogP contribution is 2.20. The molecule has 0 bridgehead atoms. The number of benzene rings is 1. The molecular weight excluding hydrogens is 258 g/mol. The summed E-state index contributed by atoms with van der Waals surface area (Å²) in [4.78, 5) is 2.42. The van der Waals surface area contributed by atoms with E-state index < -0.39 is 0 Å². The van der Waals surface area contributed by atoms with Gasteiger partial charge in [-0.05, 0) is 51.4 Å². The van der Waals surface area contributed by atoms with Crippen LogP contribution in [-0.4, -0.2) is 37.5 Å². The van der Waals surface area contributed by atoms with Gasteiger partial charge in [0.25, 0.3) is 0 Å². The molecule has 0 aliphatic rings. The summed E-state index contributed by atoms with van der Waals surface area (Å²) in [6, 6.07) is 8.79. The van der Waals surface area contributed by atoms with Crippen molar-refractivity contribution in [2.75, 3.05) is 26.6 Å². The second-order valence-corrected chi connectivity index (χ2v) is 5.47. The molecule has 2 nitrogen and oxygen atoms in total. The molecule has 0 amide bonds. The van der Waals surface area contributed by atoms with Crippen molar-refractivity contribution in [1.29, 1.82) is 0 Å². The predicted molar refractivity (Wildman–Crippen MR) is 83.4 cm³/mol. The monoisotopic (exact) mass is 283 g/mol. The highest BCUT2D eigenvalue weighted by molar-refractivity contribution is 6.17. The molecule has 0 aliphatic carbocycles. The van der Waals surface area contributed by atoms with Crippen LogP contribution in [0.5, 0.6) is 5.75 Å². The molecule has 1 unspecified atom stereocenters. The summed E-state index contributed by atoms with van der Waals surface area (Å²) < 4.78 is 5.41. The number of rotatable bonds is 9. The van der Waals surface area contributed by atoms with Crippen LogP contribution in [0.25, 0.3) is 0 Å². The van der Waals surface area contributed by atoms with Crippen molar-refractivity contribution in [3.8, 4) is 5.75 Å². The highest BCUT2D eigenvalue weighted by Gasteiger charge is 2.12. The van der Waals surface area contributed by atoms with Gasteiger partial charge in [-0.1, -0.05) is 24.6 Å². The zero-order valence-corrected chi connectivity index (χ0v) is 13.1. The van der Waals surface area contributed by atoms with Crippen LogP contribution < -0.4 is 4.74 Å². The van der Waals surface area contributed by atoms with Crippen molar-refractivity contribution in [2.24, 2.45) is 0 Å². The normalized spacial score (nSPS) is 12.7. The quantitative estimate of drug-likeness (QED) is 0.502. The SMILES string of the molecule is COc1ccccc1CC(C)N(C)CCCCCCl. The zero-order chi connectivity index (χ0) is 14.1. The molecule has 0 aromatic heterocycles. The third-order valence-electron chi connectivity index (χ3n) is 3.60. The number of hydrogen-bond acceptors (Lipinski definition) is 2. The molecule has 1 aromatic rings. The topological polar surface area (TPSA) is 12.5 Å². The maximum Gasteiger partial charge on any atom is 0.122 e. The van der Waals surface area contributed by atoms with Crippen LogP contribution in [0.4, 0.5) is 0 Å². The number of para-hydroxylation sites is 1. The molecule has 108 valence electrons. The molecule has 0 fully saturated rings. The van der Waals surface area contributed by atoms with E-state index in [0.717, 1.165) is 31.0 Å². The second-order valence-electron chi connectivity index (χ2n) is 5.10. The number of alkyl halides is 1. The Labute approximate surface area is 122 Å². The van der Waals surface area contributed by atoms with Crippen LogP contribution >= 0.6 is 11.6 Å². The Balaban J connectivity index is 2.42. The smallest absolute Gasteiger partial charge is 0.122 e. The number of nitrogens with zero attached hydrogens (tertiary/aromatic N) is 1. The van der Waals surface area contributed by atoms with Gasteiger partial charge >= 0.3 is 0 Å². The van der Waals surface area contributed by atoms with Crippen molar-refractivity contribution in [1.82, 2.24) is 4.90 Å². The summed E-state index contributed by atoms with van der Waals surface area (Å²) in [6.07, 6.45) is 4.58. The number of halogens is 1. The summed E-state index contributed by atoms with van der Waals surface area (Å²) >= 11 is 5.69. The molecule has 3 heteroatoms. The van der Waals surface area contributed by atoms with E-state index in [0.29, 0.717) is 6.04 Å². The highest BCUT2D eigenvalue weighted by atomic mass is 35.5. The van der Waals surface area contributed by atoms with Gasteiger partial charge in [0.2, 0.25) is 0 Å². The molecule has 0 aliphatic heterocycles. The number of ether oxygens (including phenoxy) is 1. The van der Waals surface area contributed by atoms with Gasteiger partial charge in [-0.2, -0.15) is 0 Å². The molecule has 0 N–H and O–H groups in total. The molecule has 0 radical (unpaired) electrons. The number of likely N-dealkylation sites (N-methyl/N-ethyl adjacent to an activating group) is 1. The van der Waals surface area contributed by atoms with Crippen molar-refractivity contribution < 1.29 is 4.74 Å². The minimum Gasteiger partial charge on any atom is -0.496 e. The van der Waals surface area contributed by atoms with Gasteiger partial charge < -0.3 is 9.64 Å².